The van der Waals surface area contributed by atoms with E-state index in [-0.39, 0.29) is 16.3 Å². The van der Waals surface area contributed by atoms with Gasteiger partial charge < -0.3 is 15.0 Å². The highest BCUT2D eigenvalue weighted by atomic mass is 32.2. The second-order valence-electron chi connectivity index (χ2n) is 6.39. The van der Waals surface area contributed by atoms with Gasteiger partial charge in [0.25, 0.3) is 0 Å². The number of benzene rings is 1. The Morgan fingerprint density at radius 2 is 1.93 bits per heavy atom. The molecule has 0 saturated heterocycles. The Morgan fingerprint density at radius 3 is 2.48 bits per heavy atom. The minimum absolute atomic E-state index is 0.0276. The Morgan fingerprint density at radius 1 is 1.28 bits per heavy atom. The van der Waals surface area contributed by atoms with Crippen molar-refractivity contribution in [2.24, 2.45) is 0 Å². The van der Waals surface area contributed by atoms with Crippen molar-refractivity contribution in [1.29, 1.82) is 0 Å². The zero-order chi connectivity index (χ0) is 22.0. The Kier molecular flexibility index (Phi) is 6.27. The van der Waals surface area contributed by atoms with Crippen LogP contribution < -0.4 is 0 Å². The van der Waals surface area contributed by atoms with E-state index in [4.69, 9.17) is 5.11 Å². The normalized spacial score (nSPS) is 12.7. The maximum absolute atomic E-state index is 12.9. The number of hydrogen-bond acceptors (Lipinski definition) is 4. The molecule has 2 N–H and O–H groups in total. The number of aliphatic carboxylic acids is 1. The number of hydrogen-bond donors (Lipinski definition) is 2. The maximum atomic E-state index is 12.9. The quantitative estimate of drug-likeness (QED) is 0.658. The highest BCUT2D eigenvalue weighted by molar-refractivity contribution is 7.90. The fourth-order valence-corrected chi connectivity index (χ4v) is 3.20. The number of H-pyrrole nitrogens is 1. The van der Waals surface area contributed by atoms with E-state index in [1.54, 1.807) is 18.2 Å². The van der Waals surface area contributed by atoms with Crippen molar-refractivity contribution in [2.45, 2.75) is 11.1 Å². The van der Waals surface area contributed by atoms with Crippen LogP contribution in [0.5, 0.6) is 0 Å². The monoisotopic (exact) mass is 428 g/mol. The molecular weight excluding hydrogens is 409 g/mol. The first-order valence-corrected chi connectivity index (χ1v) is 10.1. The minimum Gasteiger partial charge on any atom is -0.480 e. The third-order valence-electron chi connectivity index (χ3n) is 3.99. The van der Waals surface area contributed by atoms with E-state index in [9.17, 15) is 26.4 Å². The summed E-state index contributed by atoms with van der Waals surface area (Å²) in [4.78, 5) is 15.2. The van der Waals surface area contributed by atoms with Gasteiger partial charge in [-0.1, -0.05) is 18.7 Å². The Balaban J connectivity index is 2.50. The average Bonchev–Trinajstić information content (AvgIpc) is 3.07. The van der Waals surface area contributed by atoms with Gasteiger partial charge in [0.05, 0.1) is 21.9 Å². The SMILES string of the molecule is C=C(C=C(c1ccc(-c2cccc(S(C)(=O)=O)c2)[nH]1)N(C)CC(=O)O)C(F)(F)F. The average molecular weight is 428 g/mol. The van der Waals surface area contributed by atoms with Crippen molar-refractivity contribution in [3.63, 3.8) is 0 Å². The molecule has 2 aromatic rings. The maximum Gasteiger partial charge on any atom is 0.415 e. The van der Waals surface area contributed by atoms with Crippen LogP contribution in [0.4, 0.5) is 13.2 Å². The lowest BCUT2D eigenvalue weighted by Gasteiger charge is -2.21. The highest BCUT2D eigenvalue weighted by Crippen LogP contribution is 2.30. The lowest BCUT2D eigenvalue weighted by atomic mass is 10.2. The number of carboxylic acid groups (broad SMARTS) is 1. The lowest BCUT2D eigenvalue weighted by molar-refractivity contribution is -0.137. The van der Waals surface area contributed by atoms with Gasteiger partial charge >= 0.3 is 12.1 Å². The van der Waals surface area contributed by atoms with Crippen molar-refractivity contribution < 1.29 is 31.5 Å². The summed E-state index contributed by atoms with van der Waals surface area (Å²) in [7, 11) is -2.10. The Bertz CT molecular complexity index is 1070. The molecule has 0 radical (unpaired) electrons. The molecule has 0 saturated carbocycles. The third-order valence-corrected chi connectivity index (χ3v) is 5.10. The molecule has 0 fully saturated rings. The molecule has 10 heteroatoms. The fraction of sp³-hybridized carbons (Fsp3) is 0.211. The number of likely N-dealkylation sites (N-methyl/N-ethyl adjacent to an activating group) is 1. The number of nitrogens with one attached hydrogen (secondary N) is 1. The molecule has 6 nitrogen and oxygen atoms in total. The summed E-state index contributed by atoms with van der Waals surface area (Å²) in [6, 6.07) is 9.10. The molecule has 1 aromatic carbocycles. The van der Waals surface area contributed by atoms with Gasteiger partial charge in [0.2, 0.25) is 0 Å². The zero-order valence-electron chi connectivity index (χ0n) is 15.6. The van der Waals surface area contributed by atoms with E-state index in [0.29, 0.717) is 11.3 Å². The van der Waals surface area contributed by atoms with Crippen molar-refractivity contribution in [1.82, 2.24) is 9.88 Å². The van der Waals surface area contributed by atoms with E-state index in [1.807, 2.05) is 0 Å². The van der Waals surface area contributed by atoms with E-state index >= 15 is 0 Å². The van der Waals surface area contributed by atoms with Crippen LogP contribution in [0.15, 0.2) is 59.5 Å². The number of carbonyl (C=O) groups is 1. The molecule has 0 amide bonds. The van der Waals surface area contributed by atoms with Crippen molar-refractivity contribution in [3.8, 4) is 11.3 Å². The van der Waals surface area contributed by atoms with Crippen LogP contribution in [0.25, 0.3) is 17.0 Å². The second kappa shape index (κ2) is 8.16. The predicted octanol–water partition coefficient (Wildman–Crippen LogP) is 3.56. The number of aromatic nitrogens is 1. The molecular formula is C19H19F3N2O4S. The van der Waals surface area contributed by atoms with Gasteiger partial charge in [-0.15, -0.1) is 0 Å². The first-order valence-electron chi connectivity index (χ1n) is 8.19. The number of nitrogens with zero attached hydrogens (tertiary/aromatic N) is 1. The van der Waals surface area contributed by atoms with Gasteiger partial charge in [-0.2, -0.15) is 13.2 Å². The lowest BCUT2D eigenvalue weighted by Crippen LogP contribution is -2.25. The molecule has 0 bridgehead atoms. The van der Waals surface area contributed by atoms with Gasteiger partial charge in [-0.05, 0) is 35.9 Å². The molecule has 2 rings (SSSR count). The minimum atomic E-state index is -4.67. The highest BCUT2D eigenvalue weighted by Gasteiger charge is 2.31. The molecule has 0 aliphatic carbocycles. The second-order valence-corrected chi connectivity index (χ2v) is 8.40. The van der Waals surface area contributed by atoms with Gasteiger partial charge in [-0.3, -0.25) is 4.79 Å². The van der Waals surface area contributed by atoms with Gasteiger partial charge in [-0.25, -0.2) is 8.42 Å². The van der Waals surface area contributed by atoms with E-state index in [0.717, 1.165) is 17.2 Å². The summed E-state index contributed by atoms with van der Waals surface area (Å²) in [6.07, 6.45) is -2.85. The standard InChI is InChI=1S/C19H19F3N2O4S/c1-12(19(20,21)22)9-17(24(2)11-18(25)26)16-8-7-15(23-16)13-5-4-6-14(10-13)29(3,27)28/h4-10,23H,1,11H2,2-3H3,(H,25,26). The van der Waals surface area contributed by atoms with E-state index in [1.165, 1.54) is 25.2 Å². The molecule has 29 heavy (non-hydrogen) atoms. The number of allylic oxidation sites excluding steroid dienone is 2. The largest absolute Gasteiger partial charge is 0.480 e. The van der Waals surface area contributed by atoms with Crippen LogP contribution in [0, 0.1) is 0 Å². The molecule has 0 aliphatic heterocycles. The van der Waals surface area contributed by atoms with Crippen LogP contribution in [0.1, 0.15) is 5.69 Å². The van der Waals surface area contributed by atoms with Crippen LogP contribution in [0.3, 0.4) is 0 Å². The molecule has 156 valence electrons. The molecule has 0 aliphatic rings. The van der Waals surface area contributed by atoms with Crippen LogP contribution in [-0.4, -0.2) is 55.4 Å². The summed E-state index contributed by atoms with van der Waals surface area (Å²) in [6.45, 7) is 2.47. The number of carboxylic acids is 1. The Hall–Kier alpha value is -3.01. The Labute approximate surface area is 165 Å². The number of rotatable bonds is 7. The number of sulfone groups is 1. The molecule has 1 aromatic heterocycles. The molecule has 0 unspecified atom stereocenters. The van der Waals surface area contributed by atoms with Crippen LogP contribution in [-0.2, 0) is 14.6 Å². The molecule has 0 spiro atoms. The molecule has 1 heterocycles. The fourth-order valence-electron chi connectivity index (χ4n) is 2.54. The van der Waals surface area contributed by atoms with Crippen molar-refractivity contribution in [2.75, 3.05) is 19.8 Å². The van der Waals surface area contributed by atoms with Crippen LogP contribution in [0.2, 0.25) is 0 Å². The smallest absolute Gasteiger partial charge is 0.415 e. The van der Waals surface area contributed by atoms with Gasteiger partial charge in [0.1, 0.15) is 6.54 Å². The van der Waals surface area contributed by atoms with Gasteiger partial charge in [0.15, 0.2) is 9.84 Å². The van der Waals surface area contributed by atoms with Crippen molar-refractivity contribution >= 4 is 21.5 Å². The predicted molar refractivity (Wildman–Crippen MR) is 103 cm³/mol. The summed E-state index contributed by atoms with van der Waals surface area (Å²) in [5.74, 6) is -1.22. The van der Waals surface area contributed by atoms with E-state index < -0.39 is 34.1 Å². The summed E-state index contributed by atoms with van der Waals surface area (Å²) < 4.78 is 62.3. The number of halogens is 3. The first kappa shape index (κ1) is 22.3. The summed E-state index contributed by atoms with van der Waals surface area (Å²) in [5.41, 5.74) is 0.0194. The summed E-state index contributed by atoms with van der Waals surface area (Å²) >= 11 is 0. The summed E-state index contributed by atoms with van der Waals surface area (Å²) in [5, 5.41) is 8.98. The van der Waals surface area contributed by atoms with Gasteiger partial charge in [0, 0.05) is 19.0 Å². The van der Waals surface area contributed by atoms with E-state index in [2.05, 4.69) is 11.6 Å². The topological polar surface area (TPSA) is 90.5 Å². The van der Waals surface area contributed by atoms with Crippen molar-refractivity contribution in [3.05, 3.63) is 60.3 Å². The number of aromatic amines is 1. The van der Waals surface area contributed by atoms with Crippen LogP contribution >= 0.6 is 0 Å². The zero-order valence-corrected chi connectivity index (χ0v) is 16.4. The number of alkyl halides is 3. The third kappa shape index (κ3) is 5.74. The molecule has 0 atom stereocenters. The first-order chi connectivity index (χ1) is 13.3.